The molecule has 1 aliphatic rings. The maximum Gasteiger partial charge on any atom is 0.0848 e. The van der Waals surface area contributed by atoms with E-state index in [1.165, 1.54) is 29.5 Å². The lowest BCUT2D eigenvalue weighted by molar-refractivity contribution is -0.0895. The van der Waals surface area contributed by atoms with Crippen molar-refractivity contribution >= 4 is 0 Å². The largest absolute Gasteiger partial charge is 0.373 e. The summed E-state index contributed by atoms with van der Waals surface area (Å²) in [7, 11) is 0. The van der Waals surface area contributed by atoms with E-state index in [1.54, 1.807) is 0 Å². The van der Waals surface area contributed by atoms with E-state index in [0.29, 0.717) is 0 Å². The number of likely N-dealkylation sites (N-methyl/N-ethyl adjacent to an activating group) is 1. The van der Waals surface area contributed by atoms with Crippen LogP contribution in [0.4, 0.5) is 0 Å². The molecule has 0 aliphatic carbocycles. The van der Waals surface area contributed by atoms with E-state index in [9.17, 15) is 0 Å². The summed E-state index contributed by atoms with van der Waals surface area (Å²) in [4.78, 5) is 0. The highest BCUT2D eigenvalue weighted by atomic mass is 16.5. The number of hydrogen-bond donors (Lipinski definition) is 1. The zero-order valence-electron chi connectivity index (χ0n) is 12.8. The summed E-state index contributed by atoms with van der Waals surface area (Å²) in [6.07, 6.45) is 3.60. The first-order valence-electron chi connectivity index (χ1n) is 7.51. The van der Waals surface area contributed by atoms with Crippen LogP contribution in [0.25, 0.3) is 0 Å². The molecular weight excluding hydrogens is 234 g/mol. The van der Waals surface area contributed by atoms with Gasteiger partial charge in [0, 0.05) is 6.61 Å². The number of ether oxygens (including phenoxy) is 1. The Hall–Kier alpha value is -0.860. The number of benzene rings is 1. The van der Waals surface area contributed by atoms with E-state index < -0.39 is 0 Å². The lowest BCUT2D eigenvalue weighted by atomic mass is 9.83. The van der Waals surface area contributed by atoms with Crippen LogP contribution < -0.4 is 5.32 Å². The van der Waals surface area contributed by atoms with Crippen molar-refractivity contribution in [2.45, 2.75) is 58.6 Å². The molecule has 0 radical (unpaired) electrons. The highest BCUT2D eigenvalue weighted by molar-refractivity contribution is 5.32. The van der Waals surface area contributed by atoms with Gasteiger partial charge < -0.3 is 10.1 Å². The van der Waals surface area contributed by atoms with Crippen LogP contribution in [-0.2, 0) is 4.74 Å². The van der Waals surface area contributed by atoms with Crippen LogP contribution in [0.3, 0.4) is 0 Å². The zero-order valence-corrected chi connectivity index (χ0v) is 12.8. The van der Waals surface area contributed by atoms with Crippen molar-refractivity contribution in [1.82, 2.24) is 5.32 Å². The van der Waals surface area contributed by atoms with E-state index in [1.807, 2.05) is 0 Å². The van der Waals surface area contributed by atoms with Gasteiger partial charge in [-0.2, -0.15) is 0 Å². The molecule has 0 saturated carbocycles. The Morgan fingerprint density at radius 3 is 2.42 bits per heavy atom. The van der Waals surface area contributed by atoms with Crippen LogP contribution >= 0.6 is 0 Å². The summed E-state index contributed by atoms with van der Waals surface area (Å²) in [5.41, 5.74) is 3.95. The molecular formula is C17H27NO. The molecule has 0 bridgehead atoms. The van der Waals surface area contributed by atoms with Crippen molar-refractivity contribution in [2.75, 3.05) is 13.2 Å². The third-order valence-electron chi connectivity index (χ3n) is 4.10. The van der Waals surface area contributed by atoms with E-state index >= 15 is 0 Å². The number of aryl methyl sites for hydroxylation is 2. The first kappa shape index (κ1) is 14.5. The SMILES string of the molecule is CCNC(c1cc(C)cc(C)c1)C1(C)CCCCO1. The molecule has 0 aromatic heterocycles. The molecule has 0 spiro atoms. The summed E-state index contributed by atoms with van der Waals surface area (Å²) < 4.78 is 6.15. The molecule has 2 rings (SSSR count). The lowest BCUT2D eigenvalue weighted by Crippen LogP contribution is -2.46. The minimum Gasteiger partial charge on any atom is -0.373 e. The smallest absolute Gasteiger partial charge is 0.0848 e. The molecule has 2 unspecified atom stereocenters. The molecule has 1 saturated heterocycles. The van der Waals surface area contributed by atoms with Crippen molar-refractivity contribution in [3.8, 4) is 0 Å². The Kier molecular flexibility index (Phi) is 4.64. The highest BCUT2D eigenvalue weighted by Gasteiger charge is 2.37. The summed E-state index contributed by atoms with van der Waals surface area (Å²) >= 11 is 0. The van der Waals surface area contributed by atoms with Gasteiger partial charge in [-0.3, -0.25) is 0 Å². The van der Waals surface area contributed by atoms with Gasteiger partial charge in [0.2, 0.25) is 0 Å². The van der Waals surface area contributed by atoms with Crippen LogP contribution in [-0.4, -0.2) is 18.8 Å². The molecule has 0 amide bonds. The quantitative estimate of drug-likeness (QED) is 0.887. The third kappa shape index (κ3) is 3.37. The first-order chi connectivity index (χ1) is 9.05. The van der Waals surface area contributed by atoms with Gasteiger partial charge in [0.25, 0.3) is 0 Å². The summed E-state index contributed by atoms with van der Waals surface area (Å²) in [6, 6.07) is 7.11. The van der Waals surface area contributed by atoms with Crippen molar-refractivity contribution in [3.63, 3.8) is 0 Å². The van der Waals surface area contributed by atoms with E-state index in [4.69, 9.17) is 4.74 Å². The third-order valence-corrected chi connectivity index (χ3v) is 4.10. The molecule has 1 aromatic carbocycles. The molecule has 1 N–H and O–H groups in total. The molecule has 19 heavy (non-hydrogen) atoms. The van der Waals surface area contributed by atoms with Gasteiger partial charge in [-0.15, -0.1) is 0 Å². The summed E-state index contributed by atoms with van der Waals surface area (Å²) in [5.74, 6) is 0. The average Bonchev–Trinajstić information content (AvgIpc) is 2.35. The molecule has 1 aliphatic heterocycles. The topological polar surface area (TPSA) is 21.3 Å². The Morgan fingerprint density at radius 2 is 1.89 bits per heavy atom. The Bertz CT molecular complexity index is 401. The van der Waals surface area contributed by atoms with Gasteiger partial charge in [-0.05, 0) is 52.1 Å². The average molecular weight is 261 g/mol. The molecule has 1 fully saturated rings. The maximum absolute atomic E-state index is 6.15. The first-order valence-corrected chi connectivity index (χ1v) is 7.51. The zero-order chi connectivity index (χ0) is 13.9. The normalized spacial score (nSPS) is 25.3. The highest BCUT2D eigenvalue weighted by Crippen LogP contribution is 2.37. The molecule has 2 nitrogen and oxygen atoms in total. The minimum atomic E-state index is -0.0749. The molecule has 1 heterocycles. The van der Waals surface area contributed by atoms with Crippen LogP contribution in [0.5, 0.6) is 0 Å². The fraction of sp³-hybridized carbons (Fsp3) is 0.647. The minimum absolute atomic E-state index is 0.0749. The fourth-order valence-electron chi connectivity index (χ4n) is 3.25. The number of nitrogens with one attached hydrogen (secondary N) is 1. The van der Waals surface area contributed by atoms with Gasteiger partial charge in [-0.25, -0.2) is 0 Å². The second-order valence-corrected chi connectivity index (χ2v) is 6.03. The van der Waals surface area contributed by atoms with Gasteiger partial charge >= 0.3 is 0 Å². The monoisotopic (exact) mass is 261 g/mol. The molecule has 106 valence electrons. The standard InChI is InChI=1S/C17H27NO/c1-5-18-16(17(4)8-6-7-9-19-17)15-11-13(2)10-14(3)12-15/h10-12,16,18H,5-9H2,1-4H3. The van der Waals surface area contributed by atoms with E-state index in [0.717, 1.165) is 19.6 Å². The predicted molar refractivity (Wildman–Crippen MR) is 80.5 cm³/mol. The summed E-state index contributed by atoms with van der Waals surface area (Å²) in [5, 5.41) is 3.64. The van der Waals surface area contributed by atoms with E-state index in [2.05, 4.69) is 51.2 Å². The maximum atomic E-state index is 6.15. The number of rotatable bonds is 4. The van der Waals surface area contributed by atoms with Crippen LogP contribution in [0.15, 0.2) is 18.2 Å². The Balaban J connectivity index is 2.32. The molecule has 2 atom stereocenters. The predicted octanol–water partition coefficient (Wildman–Crippen LogP) is 3.91. The van der Waals surface area contributed by atoms with Crippen molar-refractivity contribution in [1.29, 1.82) is 0 Å². The van der Waals surface area contributed by atoms with E-state index in [-0.39, 0.29) is 11.6 Å². The second kappa shape index (κ2) is 6.06. The van der Waals surface area contributed by atoms with Crippen molar-refractivity contribution < 1.29 is 4.74 Å². The second-order valence-electron chi connectivity index (χ2n) is 6.03. The van der Waals surface area contributed by atoms with Gasteiger partial charge in [0.1, 0.15) is 0 Å². The summed E-state index contributed by atoms with van der Waals surface area (Å²) in [6.45, 7) is 10.6. The van der Waals surface area contributed by atoms with Crippen LogP contribution in [0, 0.1) is 13.8 Å². The Labute approximate surface area is 117 Å². The van der Waals surface area contributed by atoms with Gasteiger partial charge in [0.15, 0.2) is 0 Å². The van der Waals surface area contributed by atoms with Crippen molar-refractivity contribution in [2.24, 2.45) is 0 Å². The van der Waals surface area contributed by atoms with Crippen LogP contribution in [0.2, 0.25) is 0 Å². The molecule has 1 aromatic rings. The van der Waals surface area contributed by atoms with Crippen LogP contribution in [0.1, 0.15) is 55.8 Å². The van der Waals surface area contributed by atoms with Gasteiger partial charge in [0.05, 0.1) is 11.6 Å². The van der Waals surface area contributed by atoms with Crippen molar-refractivity contribution in [3.05, 3.63) is 34.9 Å². The van der Waals surface area contributed by atoms with Gasteiger partial charge in [-0.1, -0.05) is 36.2 Å². The molecule has 2 heteroatoms. The fourth-order valence-corrected chi connectivity index (χ4v) is 3.25. The Morgan fingerprint density at radius 1 is 1.21 bits per heavy atom. The lowest BCUT2D eigenvalue weighted by Gasteiger charge is -2.41. The number of hydrogen-bond acceptors (Lipinski definition) is 2.